The van der Waals surface area contributed by atoms with Gasteiger partial charge in [0.2, 0.25) is 0 Å². The third kappa shape index (κ3) is 2.76. The highest BCUT2D eigenvalue weighted by molar-refractivity contribution is 5.23. The van der Waals surface area contributed by atoms with Gasteiger partial charge in [0.1, 0.15) is 0 Å². The van der Waals surface area contributed by atoms with Gasteiger partial charge in [-0.15, -0.1) is 0 Å². The lowest BCUT2D eigenvalue weighted by molar-refractivity contribution is 0.0490. The summed E-state index contributed by atoms with van der Waals surface area (Å²) in [4.78, 5) is 0. The van der Waals surface area contributed by atoms with E-state index in [2.05, 4.69) is 52.0 Å². The largest absolute Gasteiger partial charge is 0.375 e. The molecule has 2 nitrogen and oxygen atoms in total. The van der Waals surface area contributed by atoms with Gasteiger partial charge in [0.25, 0.3) is 0 Å². The fourth-order valence-electron chi connectivity index (χ4n) is 3.28. The van der Waals surface area contributed by atoms with Crippen molar-refractivity contribution in [1.82, 2.24) is 0 Å². The van der Waals surface area contributed by atoms with E-state index in [0.717, 1.165) is 6.42 Å². The second kappa shape index (κ2) is 5.41. The molecular weight excluding hydrogens is 222 g/mol. The summed E-state index contributed by atoms with van der Waals surface area (Å²) in [6, 6.07) is 8.82. The number of hydrogen-bond donors (Lipinski definition) is 1. The zero-order valence-corrected chi connectivity index (χ0v) is 11.9. The topological polar surface area (TPSA) is 35.2 Å². The van der Waals surface area contributed by atoms with Crippen LogP contribution < -0.4 is 5.73 Å². The third-order valence-corrected chi connectivity index (χ3v) is 4.37. The van der Waals surface area contributed by atoms with Gasteiger partial charge in [-0.05, 0) is 38.7 Å². The first-order chi connectivity index (χ1) is 8.49. The predicted octanol–water partition coefficient (Wildman–Crippen LogP) is 2.92. The molecule has 2 rings (SSSR count). The standard InChI is InChI=1S/C16H25NO/c1-10-6-5-7-14(8-10)9-15(17)16-11(2)12(3)18-13(16)4/h5-8,11-13,15-16H,9,17H2,1-4H3. The van der Waals surface area contributed by atoms with Gasteiger partial charge in [-0.3, -0.25) is 0 Å². The maximum atomic E-state index is 6.42. The van der Waals surface area contributed by atoms with Crippen LogP contribution in [0.5, 0.6) is 0 Å². The van der Waals surface area contributed by atoms with Crippen LogP contribution in [0.2, 0.25) is 0 Å². The summed E-state index contributed by atoms with van der Waals surface area (Å²) < 4.78 is 5.89. The highest BCUT2D eigenvalue weighted by Crippen LogP contribution is 2.34. The average Bonchev–Trinajstić information content (AvgIpc) is 2.53. The van der Waals surface area contributed by atoms with E-state index in [-0.39, 0.29) is 12.1 Å². The van der Waals surface area contributed by atoms with Crippen LogP contribution in [-0.2, 0) is 11.2 Å². The molecule has 100 valence electrons. The number of rotatable bonds is 3. The van der Waals surface area contributed by atoms with Crippen molar-refractivity contribution >= 4 is 0 Å². The summed E-state index contributed by atoms with van der Waals surface area (Å²) in [6.07, 6.45) is 1.54. The molecule has 5 unspecified atom stereocenters. The molecule has 2 heteroatoms. The van der Waals surface area contributed by atoms with E-state index in [1.54, 1.807) is 0 Å². The molecule has 1 aromatic carbocycles. The van der Waals surface area contributed by atoms with E-state index < -0.39 is 0 Å². The summed E-state index contributed by atoms with van der Waals surface area (Å²) >= 11 is 0. The van der Waals surface area contributed by atoms with Crippen molar-refractivity contribution in [3.8, 4) is 0 Å². The van der Waals surface area contributed by atoms with Crippen LogP contribution in [0.25, 0.3) is 0 Å². The molecule has 1 heterocycles. The Morgan fingerprint density at radius 1 is 1.22 bits per heavy atom. The maximum Gasteiger partial charge on any atom is 0.0597 e. The number of benzene rings is 1. The molecule has 18 heavy (non-hydrogen) atoms. The molecule has 0 aliphatic carbocycles. The van der Waals surface area contributed by atoms with Crippen LogP contribution in [0.15, 0.2) is 24.3 Å². The van der Waals surface area contributed by atoms with Crippen molar-refractivity contribution in [2.24, 2.45) is 17.6 Å². The highest BCUT2D eigenvalue weighted by Gasteiger charge is 2.40. The molecular formula is C16H25NO. The lowest BCUT2D eigenvalue weighted by atomic mass is 9.81. The molecule has 1 aliphatic rings. The molecule has 0 saturated carbocycles. The first kappa shape index (κ1) is 13.6. The number of aryl methyl sites for hydroxylation is 1. The minimum absolute atomic E-state index is 0.182. The molecule has 0 amide bonds. The minimum Gasteiger partial charge on any atom is -0.375 e. The Morgan fingerprint density at radius 3 is 2.50 bits per heavy atom. The van der Waals surface area contributed by atoms with Crippen LogP contribution in [0.3, 0.4) is 0 Å². The van der Waals surface area contributed by atoms with Gasteiger partial charge >= 0.3 is 0 Å². The number of hydrogen-bond acceptors (Lipinski definition) is 2. The fraction of sp³-hybridized carbons (Fsp3) is 0.625. The average molecular weight is 247 g/mol. The summed E-state index contributed by atoms with van der Waals surface area (Å²) in [7, 11) is 0. The zero-order chi connectivity index (χ0) is 13.3. The highest BCUT2D eigenvalue weighted by atomic mass is 16.5. The Bertz CT molecular complexity index is 404. The quantitative estimate of drug-likeness (QED) is 0.891. The van der Waals surface area contributed by atoms with Gasteiger partial charge in [-0.2, -0.15) is 0 Å². The molecule has 0 aromatic heterocycles. The molecule has 0 bridgehead atoms. The van der Waals surface area contributed by atoms with Crippen LogP contribution in [0.4, 0.5) is 0 Å². The predicted molar refractivity (Wildman–Crippen MR) is 75.5 cm³/mol. The van der Waals surface area contributed by atoms with Crippen molar-refractivity contribution in [2.75, 3.05) is 0 Å². The zero-order valence-electron chi connectivity index (χ0n) is 11.9. The Balaban J connectivity index is 2.06. The van der Waals surface area contributed by atoms with Gasteiger partial charge in [0.15, 0.2) is 0 Å². The molecule has 5 atom stereocenters. The van der Waals surface area contributed by atoms with Crippen LogP contribution >= 0.6 is 0 Å². The molecule has 0 spiro atoms. The summed E-state index contributed by atoms with van der Waals surface area (Å²) in [5.41, 5.74) is 9.06. The normalized spacial score (nSPS) is 33.6. The molecule has 1 saturated heterocycles. The van der Waals surface area contributed by atoms with E-state index in [0.29, 0.717) is 17.9 Å². The van der Waals surface area contributed by atoms with Gasteiger partial charge in [0.05, 0.1) is 12.2 Å². The molecule has 1 fully saturated rings. The van der Waals surface area contributed by atoms with E-state index in [9.17, 15) is 0 Å². The van der Waals surface area contributed by atoms with Gasteiger partial charge < -0.3 is 10.5 Å². The first-order valence-corrected chi connectivity index (χ1v) is 6.95. The summed E-state index contributed by atoms with van der Waals surface area (Å²) in [5.74, 6) is 1.00. The molecule has 0 radical (unpaired) electrons. The smallest absolute Gasteiger partial charge is 0.0597 e. The second-order valence-corrected chi connectivity index (χ2v) is 5.84. The van der Waals surface area contributed by atoms with Crippen molar-refractivity contribution in [3.05, 3.63) is 35.4 Å². The van der Waals surface area contributed by atoms with Crippen molar-refractivity contribution in [2.45, 2.75) is 52.4 Å². The third-order valence-electron chi connectivity index (χ3n) is 4.37. The molecule has 1 aromatic rings. The Hall–Kier alpha value is -0.860. The minimum atomic E-state index is 0.182. The number of nitrogens with two attached hydrogens (primary N) is 1. The summed E-state index contributed by atoms with van der Waals surface area (Å²) in [5, 5.41) is 0. The van der Waals surface area contributed by atoms with Crippen molar-refractivity contribution in [3.63, 3.8) is 0 Å². The lowest BCUT2D eigenvalue weighted by Gasteiger charge is -2.25. The van der Waals surface area contributed by atoms with Crippen LogP contribution in [-0.4, -0.2) is 18.2 Å². The van der Waals surface area contributed by atoms with E-state index in [1.807, 2.05) is 0 Å². The van der Waals surface area contributed by atoms with Crippen LogP contribution in [0.1, 0.15) is 31.9 Å². The monoisotopic (exact) mass is 247 g/mol. The lowest BCUT2D eigenvalue weighted by Crippen LogP contribution is -2.39. The molecule has 2 N–H and O–H groups in total. The van der Waals surface area contributed by atoms with Crippen molar-refractivity contribution < 1.29 is 4.74 Å². The summed E-state index contributed by atoms with van der Waals surface area (Å²) in [6.45, 7) is 8.69. The van der Waals surface area contributed by atoms with E-state index >= 15 is 0 Å². The maximum absolute atomic E-state index is 6.42. The number of ether oxygens (including phenoxy) is 1. The SMILES string of the molecule is Cc1cccc(CC(N)C2C(C)OC(C)C2C)c1. The Labute approximate surface area is 111 Å². The Morgan fingerprint density at radius 2 is 1.94 bits per heavy atom. The molecule has 1 aliphatic heterocycles. The van der Waals surface area contributed by atoms with Crippen LogP contribution in [0, 0.1) is 18.8 Å². The fourth-order valence-corrected chi connectivity index (χ4v) is 3.28. The Kier molecular flexibility index (Phi) is 4.08. The van der Waals surface area contributed by atoms with E-state index in [1.165, 1.54) is 11.1 Å². The van der Waals surface area contributed by atoms with Gasteiger partial charge in [-0.25, -0.2) is 0 Å². The van der Waals surface area contributed by atoms with Gasteiger partial charge in [-0.1, -0.05) is 36.8 Å². The van der Waals surface area contributed by atoms with Gasteiger partial charge in [0, 0.05) is 12.0 Å². The second-order valence-electron chi connectivity index (χ2n) is 5.84. The van der Waals surface area contributed by atoms with Crippen molar-refractivity contribution in [1.29, 1.82) is 0 Å². The first-order valence-electron chi connectivity index (χ1n) is 6.95. The van der Waals surface area contributed by atoms with E-state index in [4.69, 9.17) is 10.5 Å².